The lowest BCUT2D eigenvalue weighted by Crippen LogP contribution is -2.36. The van der Waals surface area contributed by atoms with E-state index in [2.05, 4.69) is 16.5 Å². The standard InChI is InChI=1S/C26H32N2O5S/c1-18-3-8-26-25(13-18)21(14-19(2)27-26)16-33-23-4-6-24(7-5-23)34(30,31)17-22(28-29)15-20-9-11-32-12-10-20/h3-8,13-14,20,22,28-29H,9-12,15-17H2,1-2H3. The van der Waals surface area contributed by atoms with Crippen LogP contribution in [0.2, 0.25) is 0 Å². The monoisotopic (exact) mass is 484 g/mol. The van der Waals surface area contributed by atoms with Crippen LogP contribution in [0.5, 0.6) is 5.75 Å². The molecule has 0 bridgehead atoms. The molecule has 1 saturated heterocycles. The van der Waals surface area contributed by atoms with E-state index in [1.54, 1.807) is 24.3 Å². The molecule has 2 aromatic carbocycles. The Morgan fingerprint density at radius 1 is 1.12 bits per heavy atom. The normalized spacial score (nSPS) is 16.0. The number of ether oxygens (including phenoxy) is 2. The van der Waals surface area contributed by atoms with Gasteiger partial charge in [0.1, 0.15) is 12.4 Å². The highest BCUT2D eigenvalue weighted by molar-refractivity contribution is 7.91. The second kappa shape index (κ2) is 10.8. The van der Waals surface area contributed by atoms with Gasteiger partial charge in [0.2, 0.25) is 0 Å². The van der Waals surface area contributed by atoms with E-state index >= 15 is 0 Å². The Kier molecular flexibility index (Phi) is 7.83. The summed E-state index contributed by atoms with van der Waals surface area (Å²) in [7, 11) is -3.56. The van der Waals surface area contributed by atoms with E-state index in [1.807, 2.05) is 32.0 Å². The van der Waals surface area contributed by atoms with Crippen LogP contribution in [0.1, 0.15) is 36.1 Å². The summed E-state index contributed by atoms with van der Waals surface area (Å²) in [5.74, 6) is 0.775. The summed E-state index contributed by atoms with van der Waals surface area (Å²) in [6.07, 6.45) is 2.37. The summed E-state index contributed by atoms with van der Waals surface area (Å²) in [6, 6.07) is 14.1. The maximum absolute atomic E-state index is 12.9. The number of benzene rings is 2. The number of sulfone groups is 1. The summed E-state index contributed by atoms with van der Waals surface area (Å²) in [5.41, 5.74) is 6.24. The lowest BCUT2D eigenvalue weighted by atomic mass is 9.93. The Morgan fingerprint density at radius 3 is 2.56 bits per heavy atom. The van der Waals surface area contributed by atoms with Crippen LogP contribution in [-0.2, 0) is 21.2 Å². The molecule has 8 heteroatoms. The van der Waals surface area contributed by atoms with E-state index in [-0.39, 0.29) is 10.6 Å². The number of rotatable bonds is 9. The quantitative estimate of drug-likeness (QED) is 0.435. The van der Waals surface area contributed by atoms with Crippen molar-refractivity contribution in [1.82, 2.24) is 10.5 Å². The minimum Gasteiger partial charge on any atom is -0.489 e. The van der Waals surface area contributed by atoms with Gasteiger partial charge in [-0.3, -0.25) is 4.98 Å². The highest BCUT2D eigenvalue weighted by Gasteiger charge is 2.25. The van der Waals surface area contributed by atoms with E-state index in [4.69, 9.17) is 9.47 Å². The second-order valence-electron chi connectivity index (χ2n) is 9.10. The predicted octanol–water partition coefficient (Wildman–Crippen LogP) is 4.37. The molecule has 2 heterocycles. The first-order chi connectivity index (χ1) is 16.3. The van der Waals surface area contributed by atoms with Crippen molar-refractivity contribution in [3.63, 3.8) is 0 Å². The van der Waals surface area contributed by atoms with E-state index < -0.39 is 15.9 Å². The zero-order valence-corrected chi connectivity index (χ0v) is 20.5. The molecule has 0 radical (unpaired) electrons. The van der Waals surface area contributed by atoms with Crippen LogP contribution < -0.4 is 10.2 Å². The zero-order chi connectivity index (χ0) is 24.1. The maximum atomic E-state index is 12.9. The average Bonchev–Trinajstić information content (AvgIpc) is 2.83. The van der Waals surface area contributed by atoms with Crippen molar-refractivity contribution in [3.8, 4) is 5.75 Å². The largest absolute Gasteiger partial charge is 0.489 e. The first-order valence-electron chi connectivity index (χ1n) is 11.6. The smallest absolute Gasteiger partial charge is 0.179 e. The van der Waals surface area contributed by atoms with Crippen molar-refractivity contribution in [2.24, 2.45) is 5.92 Å². The van der Waals surface area contributed by atoms with Crippen LogP contribution in [0.4, 0.5) is 0 Å². The molecule has 4 rings (SSSR count). The van der Waals surface area contributed by atoms with Crippen LogP contribution in [0.25, 0.3) is 10.9 Å². The number of hydroxylamine groups is 1. The summed E-state index contributed by atoms with van der Waals surface area (Å²) < 4.78 is 37.2. The minimum absolute atomic E-state index is 0.164. The molecular formula is C26H32N2O5S. The third kappa shape index (κ3) is 6.13. The number of hydrogen-bond acceptors (Lipinski definition) is 7. The fourth-order valence-electron chi connectivity index (χ4n) is 4.48. The highest BCUT2D eigenvalue weighted by Crippen LogP contribution is 2.25. The molecule has 0 saturated carbocycles. The highest BCUT2D eigenvalue weighted by atomic mass is 32.2. The molecule has 1 atom stereocenters. The van der Waals surface area contributed by atoms with Gasteiger partial charge in [-0.05, 0) is 81.5 Å². The van der Waals surface area contributed by atoms with E-state index in [1.165, 1.54) is 0 Å². The molecule has 182 valence electrons. The lowest BCUT2D eigenvalue weighted by Gasteiger charge is -2.25. The molecule has 0 spiro atoms. The third-order valence-corrected chi connectivity index (χ3v) is 8.15. The van der Waals surface area contributed by atoms with Gasteiger partial charge >= 0.3 is 0 Å². The first-order valence-corrected chi connectivity index (χ1v) is 13.3. The van der Waals surface area contributed by atoms with Crippen molar-refractivity contribution in [3.05, 3.63) is 65.4 Å². The summed E-state index contributed by atoms with van der Waals surface area (Å²) >= 11 is 0. The molecule has 1 fully saturated rings. The maximum Gasteiger partial charge on any atom is 0.179 e. The molecule has 1 aliphatic heterocycles. The number of pyridine rings is 1. The fraction of sp³-hybridized carbons (Fsp3) is 0.423. The van der Waals surface area contributed by atoms with Crippen molar-refractivity contribution < 1.29 is 23.1 Å². The molecule has 3 aromatic rings. The third-order valence-electron chi connectivity index (χ3n) is 6.32. The van der Waals surface area contributed by atoms with Gasteiger partial charge in [0.15, 0.2) is 9.84 Å². The van der Waals surface area contributed by atoms with Crippen LogP contribution in [0.3, 0.4) is 0 Å². The van der Waals surface area contributed by atoms with Crippen LogP contribution >= 0.6 is 0 Å². The van der Waals surface area contributed by atoms with Crippen LogP contribution in [0, 0.1) is 19.8 Å². The van der Waals surface area contributed by atoms with Gasteiger partial charge in [-0.15, -0.1) is 0 Å². The number of fused-ring (bicyclic) bond motifs is 1. The van der Waals surface area contributed by atoms with Gasteiger partial charge in [0.05, 0.1) is 16.2 Å². The molecule has 0 amide bonds. The molecule has 34 heavy (non-hydrogen) atoms. The number of aryl methyl sites for hydroxylation is 2. The SMILES string of the molecule is Cc1ccc2nc(C)cc(COc3ccc(S(=O)(=O)CC(CC4CCOCC4)NO)cc3)c2c1. The van der Waals surface area contributed by atoms with Gasteiger partial charge in [0.25, 0.3) is 0 Å². The summed E-state index contributed by atoms with van der Waals surface area (Å²) in [6.45, 7) is 5.73. The molecule has 2 N–H and O–H groups in total. The minimum atomic E-state index is -3.56. The van der Waals surface area contributed by atoms with Gasteiger partial charge < -0.3 is 14.7 Å². The lowest BCUT2D eigenvalue weighted by molar-refractivity contribution is 0.0506. The van der Waals surface area contributed by atoms with Gasteiger partial charge in [-0.2, -0.15) is 0 Å². The second-order valence-corrected chi connectivity index (χ2v) is 11.1. The number of aromatic nitrogens is 1. The van der Waals surface area contributed by atoms with E-state index in [0.29, 0.717) is 37.9 Å². The van der Waals surface area contributed by atoms with Crippen LogP contribution in [-0.4, -0.2) is 43.6 Å². The van der Waals surface area contributed by atoms with Crippen molar-refractivity contribution >= 4 is 20.7 Å². The van der Waals surface area contributed by atoms with E-state index in [9.17, 15) is 13.6 Å². The average molecular weight is 485 g/mol. The van der Waals surface area contributed by atoms with Crippen molar-refractivity contribution in [1.29, 1.82) is 0 Å². The molecule has 7 nitrogen and oxygen atoms in total. The Labute approximate surface area is 201 Å². The summed E-state index contributed by atoms with van der Waals surface area (Å²) in [5, 5.41) is 10.6. The Morgan fingerprint density at radius 2 is 1.85 bits per heavy atom. The number of hydrogen-bond donors (Lipinski definition) is 2. The molecule has 1 unspecified atom stereocenters. The fourth-order valence-corrected chi connectivity index (χ4v) is 5.97. The molecule has 1 aromatic heterocycles. The predicted molar refractivity (Wildman–Crippen MR) is 131 cm³/mol. The van der Waals surface area contributed by atoms with Gasteiger partial charge in [-0.1, -0.05) is 11.6 Å². The first kappa shape index (κ1) is 24.6. The summed E-state index contributed by atoms with van der Waals surface area (Å²) in [4.78, 5) is 4.80. The van der Waals surface area contributed by atoms with Crippen LogP contribution in [0.15, 0.2) is 53.4 Å². The van der Waals surface area contributed by atoms with Crippen molar-refractivity contribution in [2.75, 3.05) is 19.0 Å². The Bertz CT molecular complexity index is 1220. The Hall–Kier alpha value is -2.52. The molecule has 0 aliphatic carbocycles. The Balaban J connectivity index is 1.41. The number of nitrogens with zero attached hydrogens (tertiary/aromatic N) is 1. The zero-order valence-electron chi connectivity index (χ0n) is 19.7. The topological polar surface area (TPSA) is 97.8 Å². The van der Waals surface area contributed by atoms with Gasteiger partial charge in [-0.25, -0.2) is 13.9 Å². The molecule has 1 aliphatic rings. The van der Waals surface area contributed by atoms with E-state index in [0.717, 1.165) is 40.6 Å². The van der Waals surface area contributed by atoms with Gasteiger partial charge in [0, 0.05) is 35.9 Å². The van der Waals surface area contributed by atoms with Crippen molar-refractivity contribution in [2.45, 2.75) is 50.7 Å². The molecular weight excluding hydrogens is 452 g/mol. The number of nitrogens with one attached hydrogen (secondary N) is 1.